The summed E-state index contributed by atoms with van der Waals surface area (Å²) in [7, 11) is 1.87. The molecule has 2 heterocycles. The van der Waals surface area contributed by atoms with Crippen LogP contribution in [0, 0.1) is 0 Å². The smallest absolute Gasteiger partial charge is 0.339 e. The van der Waals surface area contributed by atoms with Crippen molar-refractivity contribution in [1.82, 2.24) is 14.5 Å². The van der Waals surface area contributed by atoms with E-state index in [0.717, 1.165) is 18.7 Å². The lowest BCUT2D eigenvalue weighted by molar-refractivity contribution is 0.0698. The van der Waals surface area contributed by atoms with Gasteiger partial charge in [-0.15, -0.1) is 0 Å². The number of imidazole rings is 1. The Morgan fingerprint density at radius 2 is 2.25 bits per heavy atom. The lowest BCUT2D eigenvalue weighted by Crippen LogP contribution is -2.02. The Bertz CT molecular complexity index is 584. The quantitative estimate of drug-likeness (QED) is 0.828. The zero-order chi connectivity index (χ0) is 11.3. The van der Waals surface area contributed by atoms with Gasteiger partial charge in [0, 0.05) is 19.2 Å². The SMILES string of the molecule is Cn1c(C2CC2)nc2cncc(C(=O)O)c21. The Kier molecular flexibility index (Phi) is 1.77. The van der Waals surface area contributed by atoms with Gasteiger partial charge in [-0.2, -0.15) is 0 Å². The zero-order valence-corrected chi connectivity index (χ0v) is 8.84. The van der Waals surface area contributed by atoms with Crippen LogP contribution in [0.1, 0.15) is 34.9 Å². The van der Waals surface area contributed by atoms with Gasteiger partial charge in [0.1, 0.15) is 16.9 Å². The van der Waals surface area contributed by atoms with E-state index in [4.69, 9.17) is 5.11 Å². The molecule has 16 heavy (non-hydrogen) atoms. The Hall–Kier alpha value is -1.91. The van der Waals surface area contributed by atoms with Crippen LogP contribution in [0.4, 0.5) is 0 Å². The first-order chi connectivity index (χ1) is 7.68. The molecule has 0 atom stereocenters. The predicted molar refractivity (Wildman–Crippen MR) is 57.4 cm³/mol. The lowest BCUT2D eigenvalue weighted by atomic mass is 10.2. The molecule has 0 amide bonds. The third-order valence-electron chi connectivity index (χ3n) is 2.99. The van der Waals surface area contributed by atoms with Crippen molar-refractivity contribution in [1.29, 1.82) is 0 Å². The van der Waals surface area contributed by atoms with Crippen LogP contribution in [-0.4, -0.2) is 25.6 Å². The molecule has 2 aromatic heterocycles. The number of hydrogen-bond acceptors (Lipinski definition) is 3. The molecule has 0 radical (unpaired) electrons. The molecule has 1 aliphatic rings. The van der Waals surface area contributed by atoms with E-state index >= 15 is 0 Å². The summed E-state index contributed by atoms with van der Waals surface area (Å²) >= 11 is 0. The Labute approximate surface area is 91.7 Å². The summed E-state index contributed by atoms with van der Waals surface area (Å²) in [5, 5.41) is 9.09. The third kappa shape index (κ3) is 1.21. The number of aromatic nitrogens is 3. The highest BCUT2D eigenvalue weighted by Crippen LogP contribution is 2.40. The van der Waals surface area contributed by atoms with Crippen LogP contribution in [0.15, 0.2) is 12.4 Å². The minimum atomic E-state index is -0.955. The van der Waals surface area contributed by atoms with E-state index in [1.807, 2.05) is 11.6 Å². The van der Waals surface area contributed by atoms with Crippen LogP contribution in [0.2, 0.25) is 0 Å². The number of aryl methyl sites for hydroxylation is 1. The zero-order valence-electron chi connectivity index (χ0n) is 8.84. The molecule has 1 aliphatic carbocycles. The lowest BCUT2D eigenvalue weighted by Gasteiger charge is -2.01. The van der Waals surface area contributed by atoms with Gasteiger partial charge in [-0.3, -0.25) is 4.98 Å². The molecule has 5 heteroatoms. The number of rotatable bonds is 2. The molecule has 1 saturated carbocycles. The van der Waals surface area contributed by atoms with Gasteiger partial charge >= 0.3 is 5.97 Å². The summed E-state index contributed by atoms with van der Waals surface area (Å²) in [6, 6.07) is 0. The van der Waals surface area contributed by atoms with Crippen molar-refractivity contribution in [3.8, 4) is 0 Å². The Morgan fingerprint density at radius 3 is 2.88 bits per heavy atom. The number of hydrogen-bond donors (Lipinski definition) is 1. The highest BCUT2D eigenvalue weighted by molar-refractivity contribution is 6.00. The monoisotopic (exact) mass is 217 g/mol. The van der Waals surface area contributed by atoms with E-state index in [0.29, 0.717) is 17.0 Å². The van der Waals surface area contributed by atoms with Crippen molar-refractivity contribution in [2.45, 2.75) is 18.8 Å². The molecule has 0 spiro atoms. The number of pyridine rings is 1. The van der Waals surface area contributed by atoms with Gasteiger partial charge in [-0.25, -0.2) is 9.78 Å². The van der Waals surface area contributed by atoms with Crippen LogP contribution in [-0.2, 0) is 7.05 Å². The van der Waals surface area contributed by atoms with Crippen molar-refractivity contribution in [3.63, 3.8) is 0 Å². The van der Waals surface area contributed by atoms with E-state index in [-0.39, 0.29) is 5.56 Å². The van der Waals surface area contributed by atoms with E-state index in [9.17, 15) is 4.79 Å². The average molecular weight is 217 g/mol. The molecular formula is C11H11N3O2. The van der Waals surface area contributed by atoms with Gasteiger partial charge in [-0.1, -0.05) is 0 Å². The maximum Gasteiger partial charge on any atom is 0.339 e. The van der Waals surface area contributed by atoms with Crippen LogP contribution in [0.25, 0.3) is 11.0 Å². The topological polar surface area (TPSA) is 68.0 Å². The highest BCUT2D eigenvalue weighted by Gasteiger charge is 2.29. The molecule has 0 unspecified atom stereocenters. The molecule has 5 nitrogen and oxygen atoms in total. The molecule has 82 valence electrons. The van der Waals surface area contributed by atoms with E-state index in [2.05, 4.69) is 9.97 Å². The second kappa shape index (κ2) is 3.04. The molecule has 3 rings (SSSR count). The number of nitrogens with zero attached hydrogens (tertiary/aromatic N) is 3. The molecule has 0 saturated heterocycles. The van der Waals surface area contributed by atoms with Crippen molar-refractivity contribution in [3.05, 3.63) is 23.8 Å². The van der Waals surface area contributed by atoms with Crippen molar-refractivity contribution in [2.75, 3.05) is 0 Å². The van der Waals surface area contributed by atoms with Crippen LogP contribution >= 0.6 is 0 Å². The fourth-order valence-corrected chi connectivity index (χ4v) is 2.05. The number of carboxylic acids is 1. The predicted octanol–water partition coefficient (Wildman–Crippen LogP) is 1.54. The maximum absolute atomic E-state index is 11.1. The molecule has 0 aromatic carbocycles. The second-order valence-corrected chi connectivity index (χ2v) is 4.16. The average Bonchev–Trinajstić information content (AvgIpc) is 3.04. The maximum atomic E-state index is 11.1. The van der Waals surface area contributed by atoms with Crippen molar-refractivity contribution in [2.24, 2.45) is 7.05 Å². The van der Waals surface area contributed by atoms with E-state index in [1.54, 1.807) is 6.20 Å². The third-order valence-corrected chi connectivity index (χ3v) is 2.99. The number of carboxylic acid groups (broad SMARTS) is 1. The van der Waals surface area contributed by atoms with Gasteiger partial charge in [0.2, 0.25) is 0 Å². The molecule has 0 aliphatic heterocycles. The Balaban J connectivity index is 2.33. The standard InChI is InChI=1S/C11H11N3O2/c1-14-9-7(11(15)16)4-12-5-8(9)13-10(14)6-2-3-6/h4-6H,2-3H2,1H3,(H,15,16). The minimum absolute atomic E-state index is 0.222. The summed E-state index contributed by atoms with van der Waals surface area (Å²) in [5.74, 6) is 0.521. The number of aromatic carboxylic acids is 1. The summed E-state index contributed by atoms with van der Waals surface area (Å²) in [5.41, 5.74) is 1.56. The van der Waals surface area contributed by atoms with Gasteiger partial charge in [0.25, 0.3) is 0 Å². The largest absolute Gasteiger partial charge is 0.478 e. The van der Waals surface area contributed by atoms with Crippen LogP contribution in [0.5, 0.6) is 0 Å². The fraction of sp³-hybridized carbons (Fsp3) is 0.364. The van der Waals surface area contributed by atoms with Gasteiger partial charge in [0.05, 0.1) is 11.7 Å². The summed E-state index contributed by atoms with van der Waals surface area (Å²) < 4.78 is 1.89. The summed E-state index contributed by atoms with van der Waals surface area (Å²) in [6.45, 7) is 0. The molecule has 2 aromatic rings. The van der Waals surface area contributed by atoms with E-state index < -0.39 is 5.97 Å². The normalized spacial score (nSPS) is 15.6. The highest BCUT2D eigenvalue weighted by atomic mass is 16.4. The first-order valence-corrected chi connectivity index (χ1v) is 5.22. The molecule has 0 bridgehead atoms. The fourth-order valence-electron chi connectivity index (χ4n) is 2.05. The van der Waals surface area contributed by atoms with Gasteiger partial charge < -0.3 is 9.67 Å². The Morgan fingerprint density at radius 1 is 1.50 bits per heavy atom. The first kappa shape index (κ1) is 9.33. The van der Waals surface area contributed by atoms with Gasteiger partial charge in [-0.05, 0) is 12.8 Å². The van der Waals surface area contributed by atoms with Crippen molar-refractivity contribution < 1.29 is 9.90 Å². The first-order valence-electron chi connectivity index (χ1n) is 5.22. The molecule has 1 fully saturated rings. The minimum Gasteiger partial charge on any atom is -0.478 e. The number of fused-ring (bicyclic) bond motifs is 1. The number of carbonyl (C=O) groups is 1. The van der Waals surface area contributed by atoms with Crippen LogP contribution < -0.4 is 0 Å². The summed E-state index contributed by atoms with van der Waals surface area (Å²) in [4.78, 5) is 19.4. The molecular weight excluding hydrogens is 206 g/mol. The second-order valence-electron chi connectivity index (χ2n) is 4.16. The van der Waals surface area contributed by atoms with Gasteiger partial charge in [0.15, 0.2) is 0 Å². The van der Waals surface area contributed by atoms with E-state index in [1.165, 1.54) is 6.20 Å². The molecule has 1 N–H and O–H groups in total. The summed E-state index contributed by atoms with van der Waals surface area (Å²) in [6.07, 6.45) is 5.29. The van der Waals surface area contributed by atoms with Crippen molar-refractivity contribution >= 4 is 17.0 Å². The van der Waals surface area contributed by atoms with Crippen LogP contribution in [0.3, 0.4) is 0 Å².